The Morgan fingerprint density at radius 2 is 1.78 bits per heavy atom. The van der Waals surface area contributed by atoms with Crippen LogP contribution in [0.15, 0.2) is 42.9 Å². The van der Waals surface area contributed by atoms with Crippen LogP contribution in [0.4, 0.5) is 0 Å². The van der Waals surface area contributed by atoms with Gasteiger partial charge in [-0.2, -0.15) is 0 Å². The molecule has 4 N–H and O–H groups in total. The highest BCUT2D eigenvalue weighted by Crippen LogP contribution is 2.23. The van der Waals surface area contributed by atoms with Crippen molar-refractivity contribution in [2.24, 2.45) is 11.8 Å². The SMILES string of the molecule is CCC(C)C1C(=O)N(C)[C@H](C)[C@H](NC(=O)c2ncccc2O)C(=O)N[C@@H](Cc2cccnc2)[C@@H](O)[C@@H](C)C(=O)N1C. The number of aliphatic hydroxyl groups excluding tert-OH is 1. The van der Waals surface area contributed by atoms with Crippen molar-refractivity contribution in [2.45, 2.75) is 70.8 Å². The number of likely N-dealkylation sites (N-methyl/N-ethyl adjacent to an activating group) is 2. The molecule has 2 unspecified atom stereocenters. The molecule has 12 heteroatoms. The minimum Gasteiger partial charge on any atom is -0.505 e. The molecule has 4 amide bonds. The highest BCUT2D eigenvalue weighted by molar-refractivity contribution is 5.98. The molecule has 2 aromatic heterocycles. The van der Waals surface area contributed by atoms with Gasteiger partial charge >= 0.3 is 0 Å². The van der Waals surface area contributed by atoms with E-state index in [1.807, 2.05) is 13.8 Å². The summed E-state index contributed by atoms with van der Waals surface area (Å²) in [5, 5.41) is 27.0. The molecule has 7 atom stereocenters. The molecule has 0 aromatic carbocycles. The fraction of sp³-hybridized carbons (Fsp3) is 0.517. The van der Waals surface area contributed by atoms with Crippen LogP contribution in [-0.2, 0) is 20.8 Å². The first-order valence-corrected chi connectivity index (χ1v) is 13.7. The van der Waals surface area contributed by atoms with Gasteiger partial charge in [0.15, 0.2) is 5.69 Å². The van der Waals surface area contributed by atoms with Gasteiger partial charge in [0.25, 0.3) is 5.91 Å². The zero-order valence-corrected chi connectivity index (χ0v) is 24.3. The number of pyridine rings is 2. The van der Waals surface area contributed by atoms with E-state index in [2.05, 4.69) is 20.6 Å². The number of aromatic hydroxyl groups is 1. The molecule has 1 aliphatic rings. The van der Waals surface area contributed by atoms with Crippen LogP contribution in [0.25, 0.3) is 0 Å². The van der Waals surface area contributed by atoms with Crippen LogP contribution in [0.2, 0.25) is 0 Å². The topological polar surface area (TPSA) is 165 Å². The lowest BCUT2D eigenvalue weighted by Crippen LogP contribution is -2.64. The fourth-order valence-electron chi connectivity index (χ4n) is 5.09. The van der Waals surface area contributed by atoms with Crippen LogP contribution >= 0.6 is 0 Å². The Morgan fingerprint density at radius 3 is 2.39 bits per heavy atom. The van der Waals surface area contributed by atoms with Crippen LogP contribution in [0.1, 0.15) is 50.2 Å². The molecule has 0 spiro atoms. The smallest absolute Gasteiger partial charge is 0.274 e. The molecule has 1 saturated heterocycles. The number of hydrogen-bond donors (Lipinski definition) is 4. The summed E-state index contributed by atoms with van der Waals surface area (Å²) in [6.45, 7) is 6.94. The van der Waals surface area contributed by atoms with E-state index in [-0.39, 0.29) is 23.8 Å². The van der Waals surface area contributed by atoms with Crippen molar-refractivity contribution in [1.82, 2.24) is 30.4 Å². The molecular formula is C29H40N6O6. The number of amides is 4. The van der Waals surface area contributed by atoms with Crippen LogP contribution in [0, 0.1) is 11.8 Å². The minimum absolute atomic E-state index is 0.154. The van der Waals surface area contributed by atoms with E-state index >= 15 is 0 Å². The number of rotatable bonds is 6. The Kier molecular flexibility index (Phi) is 10.4. The third kappa shape index (κ3) is 6.99. The maximum absolute atomic E-state index is 13.8. The van der Waals surface area contributed by atoms with E-state index in [9.17, 15) is 29.4 Å². The standard InChI is InChI=1S/C29H40N6O6/c1-7-16(2)24-29(41)34(5)18(4)22(33-27(39)23-21(36)11-9-13-31-23)26(38)32-20(14-19-10-8-12-30-15-19)25(37)17(3)28(40)35(24)6/h8-13,15-18,20,22,24-25,36-37H,7,14H2,1-6H3,(H,32,38)(H,33,39)/t16?,17-,18-,20+,22+,24?,25+/m1/s1. The van der Waals surface area contributed by atoms with Gasteiger partial charge in [0, 0.05) is 32.7 Å². The van der Waals surface area contributed by atoms with Crippen LogP contribution in [0.3, 0.4) is 0 Å². The quantitative estimate of drug-likeness (QED) is 0.396. The van der Waals surface area contributed by atoms with Gasteiger partial charge in [-0.1, -0.05) is 33.3 Å². The lowest BCUT2D eigenvalue weighted by Gasteiger charge is -2.41. The van der Waals surface area contributed by atoms with Crippen molar-refractivity contribution < 1.29 is 29.4 Å². The molecular weight excluding hydrogens is 528 g/mol. The molecule has 12 nitrogen and oxygen atoms in total. The predicted octanol–water partition coefficient (Wildman–Crippen LogP) is 0.739. The first-order valence-electron chi connectivity index (χ1n) is 13.7. The number of aromatic nitrogens is 2. The highest BCUT2D eigenvalue weighted by Gasteiger charge is 2.43. The van der Waals surface area contributed by atoms with Gasteiger partial charge in [0.05, 0.1) is 24.1 Å². The average Bonchev–Trinajstić information content (AvgIpc) is 2.97. The molecule has 3 rings (SSSR count). The Balaban J connectivity index is 2.09. The molecule has 0 bridgehead atoms. The van der Waals surface area contributed by atoms with Crippen molar-refractivity contribution in [2.75, 3.05) is 14.1 Å². The van der Waals surface area contributed by atoms with Crippen LogP contribution < -0.4 is 10.6 Å². The Morgan fingerprint density at radius 1 is 1.10 bits per heavy atom. The van der Waals surface area contributed by atoms with Gasteiger partial charge < -0.3 is 30.6 Å². The number of nitrogens with one attached hydrogen (secondary N) is 2. The Bertz CT molecular complexity index is 1240. The zero-order valence-electron chi connectivity index (χ0n) is 24.3. The normalized spacial score (nSPS) is 27.0. The number of nitrogens with zero attached hydrogens (tertiary/aromatic N) is 4. The second-order valence-corrected chi connectivity index (χ2v) is 10.8. The number of hydrogen-bond acceptors (Lipinski definition) is 8. The molecule has 1 fully saturated rings. The number of aliphatic hydroxyl groups is 1. The molecule has 3 heterocycles. The van der Waals surface area contributed by atoms with E-state index in [1.54, 1.807) is 45.4 Å². The lowest BCUT2D eigenvalue weighted by molar-refractivity contribution is -0.153. The van der Waals surface area contributed by atoms with Gasteiger partial charge in [-0.3, -0.25) is 24.2 Å². The van der Waals surface area contributed by atoms with E-state index in [1.165, 1.54) is 35.2 Å². The summed E-state index contributed by atoms with van der Waals surface area (Å²) in [5.41, 5.74) is 0.435. The van der Waals surface area contributed by atoms with Gasteiger partial charge in [0.1, 0.15) is 17.8 Å². The third-order valence-corrected chi connectivity index (χ3v) is 8.03. The molecule has 0 saturated carbocycles. The summed E-state index contributed by atoms with van der Waals surface area (Å²) in [4.78, 5) is 65.2. The first kappa shape index (κ1) is 31.5. The highest BCUT2D eigenvalue weighted by atomic mass is 16.3. The zero-order chi connectivity index (χ0) is 30.4. The minimum atomic E-state index is -1.33. The molecule has 0 aliphatic carbocycles. The number of carbonyl (C=O) groups excluding carboxylic acids is 4. The lowest BCUT2D eigenvalue weighted by atomic mass is 9.89. The van der Waals surface area contributed by atoms with Crippen LogP contribution in [-0.4, -0.2) is 98.0 Å². The molecule has 2 aromatic rings. The molecule has 0 radical (unpaired) electrons. The maximum Gasteiger partial charge on any atom is 0.274 e. The van der Waals surface area contributed by atoms with E-state index in [0.29, 0.717) is 12.0 Å². The monoisotopic (exact) mass is 568 g/mol. The maximum atomic E-state index is 13.8. The summed E-state index contributed by atoms with van der Waals surface area (Å²) >= 11 is 0. The largest absolute Gasteiger partial charge is 0.505 e. The third-order valence-electron chi connectivity index (χ3n) is 8.03. The summed E-state index contributed by atoms with van der Waals surface area (Å²) in [7, 11) is 3.06. The van der Waals surface area contributed by atoms with Crippen molar-refractivity contribution in [3.05, 3.63) is 54.1 Å². The molecule has 1 aliphatic heterocycles. The second kappa shape index (κ2) is 13.5. The second-order valence-electron chi connectivity index (χ2n) is 10.8. The van der Waals surface area contributed by atoms with Gasteiger partial charge in [0.2, 0.25) is 17.7 Å². The molecule has 41 heavy (non-hydrogen) atoms. The van der Waals surface area contributed by atoms with Gasteiger partial charge in [-0.05, 0) is 43.0 Å². The molecule has 222 valence electrons. The van der Waals surface area contributed by atoms with Crippen molar-refractivity contribution in [3.8, 4) is 5.75 Å². The predicted molar refractivity (Wildman–Crippen MR) is 150 cm³/mol. The van der Waals surface area contributed by atoms with Crippen molar-refractivity contribution >= 4 is 23.6 Å². The number of carbonyl (C=O) groups is 4. The summed E-state index contributed by atoms with van der Waals surface area (Å²) in [6.07, 6.45) is 3.96. The first-order chi connectivity index (χ1) is 19.4. The van der Waals surface area contributed by atoms with Crippen molar-refractivity contribution in [1.29, 1.82) is 0 Å². The average molecular weight is 569 g/mol. The fourth-order valence-corrected chi connectivity index (χ4v) is 5.09. The van der Waals surface area contributed by atoms with E-state index < -0.39 is 59.8 Å². The summed E-state index contributed by atoms with van der Waals surface area (Å²) in [5.74, 6) is -3.91. The summed E-state index contributed by atoms with van der Waals surface area (Å²) < 4.78 is 0. The van der Waals surface area contributed by atoms with E-state index in [4.69, 9.17) is 0 Å². The Hall–Kier alpha value is -4.06. The van der Waals surface area contributed by atoms with Gasteiger partial charge in [-0.25, -0.2) is 4.98 Å². The van der Waals surface area contributed by atoms with E-state index in [0.717, 1.165) is 0 Å². The summed E-state index contributed by atoms with van der Waals surface area (Å²) in [6, 6.07) is 2.28. The van der Waals surface area contributed by atoms with Crippen molar-refractivity contribution in [3.63, 3.8) is 0 Å². The van der Waals surface area contributed by atoms with Crippen LogP contribution in [0.5, 0.6) is 5.75 Å². The van der Waals surface area contributed by atoms with Gasteiger partial charge in [-0.15, -0.1) is 0 Å². The Labute approximate surface area is 240 Å².